The summed E-state index contributed by atoms with van der Waals surface area (Å²) in [7, 11) is 0. The maximum atomic E-state index is 12.4. The van der Waals surface area contributed by atoms with Crippen molar-refractivity contribution in [2.24, 2.45) is 5.73 Å². The smallest absolute Gasteiger partial charge is 0.254 e. The van der Waals surface area contributed by atoms with Gasteiger partial charge in [-0.3, -0.25) is 9.59 Å². The quantitative estimate of drug-likeness (QED) is 0.906. The van der Waals surface area contributed by atoms with Gasteiger partial charge in [0.25, 0.3) is 5.91 Å². The molecule has 4 nitrogen and oxygen atoms in total. The van der Waals surface area contributed by atoms with Crippen LogP contribution in [-0.4, -0.2) is 29.3 Å². The van der Waals surface area contributed by atoms with Crippen molar-refractivity contribution in [2.45, 2.75) is 25.8 Å². The Morgan fingerprint density at radius 2 is 2.17 bits per heavy atom. The highest BCUT2D eigenvalue weighted by Gasteiger charge is 2.33. The van der Waals surface area contributed by atoms with E-state index in [1.165, 1.54) is 0 Å². The minimum absolute atomic E-state index is 0.116. The van der Waals surface area contributed by atoms with E-state index in [-0.39, 0.29) is 5.91 Å². The van der Waals surface area contributed by atoms with Crippen LogP contribution in [0.25, 0.3) is 0 Å². The Morgan fingerprint density at radius 1 is 1.44 bits per heavy atom. The SMILES string of the molecule is Cc1c(Br)cccc1C(=O)N1CCCC1C(N)=O. The van der Waals surface area contributed by atoms with Gasteiger partial charge in [0.05, 0.1) is 0 Å². The number of hydrogen-bond acceptors (Lipinski definition) is 2. The molecule has 1 heterocycles. The summed E-state index contributed by atoms with van der Waals surface area (Å²) in [4.78, 5) is 25.3. The van der Waals surface area contributed by atoms with Crippen molar-refractivity contribution in [3.05, 3.63) is 33.8 Å². The van der Waals surface area contributed by atoms with Gasteiger partial charge in [0, 0.05) is 16.6 Å². The maximum Gasteiger partial charge on any atom is 0.254 e. The molecule has 1 aromatic carbocycles. The minimum Gasteiger partial charge on any atom is -0.368 e. The number of nitrogens with zero attached hydrogens (tertiary/aromatic N) is 1. The molecule has 18 heavy (non-hydrogen) atoms. The first-order valence-electron chi connectivity index (χ1n) is 5.87. The van der Waals surface area contributed by atoms with Crippen molar-refractivity contribution in [1.82, 2.24) is 4.90 Å². The highest BCUT2D eigenvalue weighted by Crippen LogP contribution is 2.24. The predicted molar refractivity (Wildman–Crippen MR) is 72.1 cm³/mol. The Hall–Kier alpha value is -1.36. The van der Waals surface area contributed by atoms with E-state index in [0.717, 1.165) is 16.5 Å². The summed E-state index contributed by atoms with van der Waals surface area (Å²) in [6.07, 6.45) is 1.49. The van der Waals surface area contributed by atoms with Crippen molar-refractivity contribution in [2.75, 3.05) is 6.54 Å². The lowest BCUT2D eigenvalue weighted by molar-refractivity contribution is -0.121. The van der Waals surface area contributed by atoms with E-state index in [0.29, 0.717) is 18.5 Å². The third-order valence-electron chi connectivity index (χ3n) is 3.34. The molecule has 1 aliphatic rings. The van der Waals surface area contributed by atoms with E-state index in [9.17, 15) is 9.59 Å². The molecule has 1 atom stereocenters. The molecule has 1 fully saturated rings. The average Bonchev–Trinajstić information content (AvgIpc) is 2.81. The summed E-state index contributed by atoms with van der Waals surface area (Å²) in [5.41, 5.74) is 6.84. The van der Waals surface area contributed by atoms with Crippen LogP contribution in [-0.2, 0) is 4.79 Å². The Bertz CT molecular complexity index is 502. The molecule has 1 saturated heterocycles. The third kappa shape index (κ3) is 2.27. The van der Waals surface area contributed by atoms with Crippen molar-refractivity contribution < 1.29 is 9.59 Å². The topological polar surface area (TPSA) is 63.4 Å². The first-order valence-corrected chi connectivity index (χ1v) is 6.67. The fourth-order valence-corrected chi connectivity index (χ4v) is 2.67. The van der Waals surface area contributed by atoms with Gasteiger partial charge in [0.2, 0.25) is 5.91 Å². The van der Waals surface area contributed by atoms with Gasteiger partial charge in [-0.1, -0.05) is 22.0 Å². The number of carbonyl (C=O) groups excluding carboxylic acids is 2. The molecule has 96 valence electrons. The molecule has 5 heteroatoms. The molecule has 0 aromatic heterocycles. The largest absolute Gasteiger partial charge is 0.368 e. The van der Waals surface area contributed by atoms with Gasteiger partial charge in [-0.05, 0) is 37.5 Å². The highest BCUT2D eigenvalue weighted by atomic mass is 79.9. The van der Waals surface area contributed by atoms with Gasteiger partial charge >= 0.3 is 0 Å². The van der Waals surface area contributed by atoms with Crippen molar-refractivity contribution >= 4 is 27.7 Å². The van der Waals surface area contributed by atoms with Crippen molar-refractivity contribution in [3.63, 3.8) is 0 Å². The van der Waals surface area contributed by atoms with E-state index in [1.54, 1.807) is 11.0 Å². The summed E-state index contributed by atoms with van der Waals surface area (Å²) >= 11 is 3.40. The number of primary amides is 1. The number of carbonyl (C=O) groups is 2. The van der Waals surface area contributed by atoms with Crippen LogP contribution in [0.1, 0.15) is 28.8 Å². The van der Waals surface area contributed by atoms with E-state index >= 15 is 0 Å². The second-order valence-corrected chi connectivity index (χ2v) is 5.33. The van der Waals surface area contributed by atoms with Crippen LogP contribution in [0.4, 0.5) is 0 Å². The fraction of sp³-hybridized carbons (Fsp3) is 0.385. The zero-order valence-electron chi connectivity index (χ0n) is 10.1. The lowest BCUT2D eigenvalue weighted by Crippen LogP contribution is -2.43. The van der Waals surface area contributed by atoms with Crippen LogP contribution in [0, 0.1) is 6.92 Å². The monoisotopic (exact) mass is 310 g/mol. The zero-order valence-corrected chi connectivity index (χ0v) is 11.7. The average molecular weight is 311 g/mol. The predicted octanol–water partition coefficient (Wildman–Crippen LogP) is 1.85. The number of nitrogens with two attached hydrogens (primary N) is 1. The van der Waals surface area contributed by atoms with Crippen LogP contribution in [0.2, 0.25) is 0 Å². The van der Waals surface area contributed by atoms with Gasteiger partial charge in [-0.25, -0.2) is 0 Å². The summed E-state index contributed by atoms with van der Waals surface area (Å²) in [6.45, 7) is 2.48. The molecule has 1 aromatic rings. The van der Waals surface area contributed by atoms with Crippen LogP contribution in [0.15, 0.2) is 22.7 Å². The fourth-order valence-electron chi connectivity index (χ4n) is 2.30. The highest BCUT2D eigenvalue weighted by molar-refractivity contribution is 9.10. The number of benzene rings is 1. The molecular formula is C13H15BrN2O2. The molecule has 1 unspecified atom stereocenters. The molecular weight excluding hydrogens is 296 g/mol. The van der Waals surface area contributed by atoms with Crippen molar-refractivity contribution in [3.8, 4) is 0 Å². The summed E-state index contributed by atoms with van der Waals surface area (Å²) < 4.78 is 0.892. The summed E-state index contributed by atoms with van der Waals surface area (Å²) in [5.74, 6) is -0.538. The van der Waals surface area contributed by atoms with Gasteiger partial charge in [0.15, 0.2) is 0 Å². The van der Waals surface area contributed by atoms with Gasteiger partial charge in [-0.2, -0.15) is 0 Å². The normalized spacial score (nSPS) is 19.0. The third-order valence-corrected chi connectivity index (χ3v) is 4.20. The summed E-state index contributed by atoms with van der Waals surface area (Å²) in [5, 5.41) is 0. The van der Waals surface area contributed by atoms with E-state index in [2.05, 4.69) is 15.9 Å². The second-order valence-electron chi connectivity index (χ2n) is 4.47. The Morgan fingerprint density at radius 3 is 2.83 bits per heavy atom. The van der Waals surface area contributed by atoms with E-state index in [4.69, 9.17) is 5.73 Å². The molecule has 2 rings (SSSR count). The molecule has 0 radical (unpaired) electrons. The number of likely N-dealkylation sites (tertiary alicyclic amines) is 1. The van der Waals surface area contributed by atoms with E-state index in [1.807, 2.05) is 19.1 Å². The lowest BCUT2D eigenvalue weighted by atomic mass is 10.1. The minimum atomic E-state index is -0.462. The van der Waals surface area contributed by atoms with Crippen LogP contribution in [0.5, 0.6) is 0 Å². The zero-order chi connectivity index (χ0) is 13.3. The second kappa shape index (κ2) is 5.10. The Kier molecular flexibility index (Phi) is 3.71. The summed E-state index contributed by atoms with van der Waals surface area (Å²) in [6, 6.07) is 5.02. The van der Waals surface area contributed by atoms with Crippen LogP contribution in [0.3, 0.4) is 0 Å². The van der Waals surface area contributed by atoms with Crippen LogP contribution < -0.4 is 5.73 Å². The standard InChI is InChI=1S/C13H15BrN2O2/c1-8-9(4-2-5-10(8)14)13(18)16-7-3-6-11(16)12(15)17/h2,4-5,11H,3,6-7H2,1H3,(H2,15,17). The molecule has 2 amide bonds. The van der Waals surface area contributed by atoms with E-state index < -0.39 is 11.9 Å². The Labute approximate surface area is 114 Å². The lowest BCUT2D eigenvalue weighted by Gasteiger charge is -2.23. The molecule has 2 N–H and O–H groups in total. The molecule has 1 aliphatic heterocycles. The van der Waals surface area contributed by atoms with Gasteiger partial charge in [0.1, 0.15) is 6.04 Å². The number of hydrogen-bond donors (Lipinski definition) is 1. The molecule has 0 spiro atoms. The number of halogens is 1. The first kappa shape index (κ1) is 13.1. The Balaban J connectivity index is 2.31. The van der Waals surface area contributed by atoms with Crippen LogP contribution >= 0.6 is 15.9 Å². The molecule has 0 saturated carbocycles. The molecule has 0 aliphatic carbocycles. The maximum absolute atomic E-state index is 12.4. The van der Waals surface area contributed by atoms with Gasteiger partial charge in [-0.15, -0.1) is 0 Å². The number of amides is 2. The number of rotatable bonds is 2. The van der Waals surface area contributed by atoms with Crippen molar-refractivity contribution in [1.29, 1.82) is 0 Å². The molecule has 0 bridgehead atoms. The van der Waals surface area contributed by atoms with Gasteiger partial charge < -0.3 is 10.6 Å². The first-order chi connectivity index (χ1) is 8.52.